The predicted octanol–water partition coefficient (Wildman–Crippen LogP) is 2.45. The zero-order valence-corrected chi connectivity index (χ0v) is 9.56. The summed E-state index contributed by atoms with van der Waals surface area (Å²) in [5.41, 5.74) is 0.120. The molecule has 1 unspecified atom stereocenters. The largest absolute Gasteiger partial charge is 0.497 e. The minimum atomic E-state index is -0.744. The number of aliphatic carboxylic acids is 1. The zero-order valence-electron chi connectivity index (χ0n) is 9.56. The van der Waals surface area contributed by atoms with Gasteiger partial charge in [-0.25, -0.2) is 0 Å². The Morgan fingerprint density at radius 3 is 2.31 bits per heavy atom. The average Bonchev–Trinajstić information content (AvgIpc) is 3.12. The Morgan fingerprint density at radius 1 is 1.38 bits per heavy atom. The number of carboxylic acid groups (broad SMARTS) is 1. The third-order valence-corrected chi connectivity index (χ3v) is 3.53. The van der Waals surface area contributed by atoms with E-state index < -0.39 is 11.4 Å². The Balaban J connectivity index is 2.35. The zero-order chi connectivity index (χ0) is 11.8. The standard InChI is InChI=1S/C13H16O3/c1-13(12(14)15,9-3-4-9)10-5-7-11(16-2)8-6-10/h5-9H,3-4H2,1-2H3,(H,14,15). The normalized spacial score (nSPS) is 18.9. The van der Waals surface area contributed by atoms with Crippen LogP contribution in [0.4, 0.5) is 0 Å². The fraction of sp³-hybridized carbons (Fsp3) is 0.462. The van der Waals surface area contributed by atoms with Crippen LogP contribution in [0.2, 0.25) is 0 Å². The van der Waals surface area contributed by atoms with Gasteiger partial charge in [0.1, 0.15) is 5.75 Å². The van der Waals surface area contributed by atoms with E-state index in [2.05, 4.69) is 0 Å². The van der Waals surface area contributed by atoms with Crippen molar-refractivity contribution in [3.63, 3.8) is 0 Å². The number of ether oxygens (including phenoxy) is 1. The monoisotopic (exact) mass is 220 g/mol. The molecule has 0 bridgehead atoms. The second-order valence-electron chi connectivity index (χ2n) is 4.51. The van der Waals surface area contributed by atoms with E-state index in [0.717, 1.165) is 24.2 Å². The summed E-state index contributed by atoms with van der Waals surface area (Å²) in [6, 6.07) is 7.34. The molecule has 0 heterocycles. The molecule has 1 fully saturated rings. The van der Waals surface area contributed by atoms with Crippen LogP contribution in [-0.4, -0.2) is 18.2 Å². The van der Waals surface area contributed by atoms with Crippen LogP contribution in [0.1, 0.15) is 25.3 Å². The molecule has 1 N–H and O–H groups in total. The van der Waals surface area contributed by atoms with Crippen molar-refractivity contribution < 1.29 is 14.6 Å². The van der Waals surface area contributed by atoms with Crippen LogP contribution >= 0.6 is 0 Å². The summed E-state index contributed by atoms with van der Waals surface area (Å²) in [5, 5.41) is 9.39. The predicted molar refractivity (Wildman–Crippen MR) is 60.7 cm³/mol. The maximum atomic E-state index is 11.4. The van der Waals surface area contributed by atoms with Gasteiger partial charge in [0.25, 0.3) is 0 Å². The van der Waals surface area contributed by atoms with Crippen LogP contribution in [-0.2, 0) is 10.2 Å². The van der Waals surface area contributed by atoms with Crippen LogP contribution in [0, 0.1) is 5.92 Å². The smallest absolute Gasteiger partial charge is 0.314 e. The lowest BCUT2D eigenvalue weighted by Gasteiger charge is -2.25. The molecule has 1 atom stereocenters. The van der Waals surface area contributed by atoms with Crippen LogP contribution < -0.4 is 4.74 Å². The van der Waals surface area contributed by atoms with Gasteiger partial charge in [-0.1, -0.05) is 12.1 Å². The highest BCUT2D eigenvalue weighted by atomic mass is 16.5. The quantitative estimate of drug-likeness (QED) is 0.847. The van der Waals surface area contributed by atoms with Crippen molar-refractivity contribution in [2.75, 3.05) is 7.11 Å². The number of rotatable bonds is 4. The Morgan fingerprint density at radius 2 is 1.94 bits per heavy atom. The summed E-state index contributed by atoms with van der Waals surface area (Å²) in [5.74, 6) is 0.297. The van der Waals surface area contributed by atoms with Gasteiger partial charge in [0.2, 0.25) is 0 Å². The molecule has 16 heavy (non-hydrogen) atoms. The molecule has 0 spiro atoms. The Hall–Kier alpha value is -1.51. The van der Waals surface area contributed by atoms with Crippen molar-refractivity contribution in [1.29, 1.82) is 0 Å². The first-order chi connectivity index (χ1) is 7.59. The van der Waals surface area contributed by atoms with E-state index in [1.165, 1.54) is 0 Å². The molecule has 0 aromatic heterocycles. The maximum Gasteiger partial charge on any atom is 0.314 e. The van der Waals surface area contributed by atoms with Crippen LogP contribution in [0.25, 0.3) is 0 Å². The topological polar surface area (TPSA) is 46.5 Å². The number of hydrogen-bond acceptors (Lipinski definition) is 2. The third kappa shape index (κ3) is 1.66. The number of methoxy groups -OCH3 is 1. The molecule has 1 aromatic rings. The number of carboxylic acids is 1. The van der Waals surface area contributed by atoms with E-state index in [0.29, 0.717) is 0 Å². The van der Waals surface area contributed by atoms with Crippen molar-refractivity contribution in [2.24, 2.45) is 5.92 Å². The molecule has 1 saturated carbocycles. The summed E-state index contributed by atoms with van der Waals surface area (Å²) in [6.45, 7) is 1.81. The van der Waals surface area contributed by atoms with E-state index in [1.54, 1.807) is 7.11 Å². The minimum absolute atomic E-state index is 0.276. The van der Waals surface area contributed by atoms with Gasteiger partial charge in [-0.3, -0.25) is 4.79 Å². The van der Waals surface area contributed by atoms with Gasteiger partial charge < -0.3 is 9.84 Å². The van der Waals surface area contributed by atoms with Gasteiger partial charge in [0.05, 0.1) is 12.5 Å². The summed E-state index contributed by atoms with van der Waals surface area (Å²) in [6.07, 6.45) is 2.02. The van der Waals surface area contributed by atoms with Crippen molar-refractivity contribution in [3.05, 3.63) is 29.8 Å². The van der Waals surface area contributed by atoms with Crippen molar-refractivity contribution in [1.82, 2.24) is 0 Å². The molecular formula is C13H16O3. The average molecular weight is 220 g/mol. The first-order valence-electron chi connectivity index (χ1n) is 5.47. The summed E-state index contributed by atoms with van der Waals surface area (Å²) >= 11 is 0. The number of carbonyl (C=O) groups is 1. The molecule has 3 nitrogen and oxygen atoms in total. The molecule has 0 amide bonds. The lowest BCUT2D eigenvalue weighted by Crippen LogP contribution is -2.34. The van der Waals surface area contributed by atoms with Gasteiger partial charge in [-0.15, -0.1) is 0 Å². The van der Waals surface area contributed by atoms with Gasteiger partial charge in [-0.2, -0.15) is 0 Å². The first kappa shape index (κ1) is 11.0. The van der Waals surface area contributed by atoms with Gasteiger partial charge >= 0.3 is 5.97 Å². The van der Waals surface area contributed by atoms with Gasteiger partial charge in [0, 0.05) is 0 Å². The minimum Gasteiger partial charge on any atom is -0.497 e. The van der Waals surface area contributed by atoms with Crippen molar-refractivity contribution in [3.8, 4) is 5.75 Å². The van der Waals surface area contributed by atoms with E-state index in [-0.39, 0.29) is 5.92 Å². The molecule has 2 rings (SSSR count). The van der Waals surface area contributed by atoms with Crippen LogP contribution in [0.15, 0.2) is 24.3 Å². The molecule has 1 aliphatic rings. The summed E-state index contributed by atoms with van der Waals surface area (Å²) in [4.78, 5) is 11.4. The molecule has 0 aliphatic heterocycles. The van der Waals surface area contributed by atoms with E-state index in [4.69, 9.17) is 4.74 Å². The second kappa shape index (κ2) is 3.81. The number of benzene rings is 1. The lowest BCUT2D eigenvalue weighted by atomic mass is 9.78. The Labute approximate surface area is 95.0 Å². The Kier molecular flexibility index (Phi) is 2.62. The van der Waals surface area contributed by atoms with E-state index >= 15 is 0 Å². The maximum absolute atomic E-state index is 11.4. The summed E-state index contributed by atoms with van der Waals surface area (Å²) < 4.78 is 5.07. The Bertz CT molecular complexity index is 392. The van der Waals surface area contributed by atoms with Gasteiger partial charge in [-0.05, 0) is 43.4 Å². The third-order valence-electron chi connectivity index (χ3n) is 3.53. The molecular weight excluding hydrogens is 204 g/mol. The van der Waals surface area contributed by atoms with E-state index in [1.807, 2.05) is 31.2 Å². The first-order valence-corrected chi connectivity index (χ1v) is 5.47. The highest BCUT2D eigenvalue weighted by Gasteiger charge is 2.48. The molecule has 0 saturated heterocycles. The summed E-state index contributed by atoms with van der Waals surface area (Å²) in [7, 11) is 1.60. The van der Waals surface area contributed by atoms with Crippen molar-refractivity contribution >= 4 is 5.97 Å². The molecule has 0 radical (unpaired) electrons. The van der Waals surface area contributed by atoms with Crippen LogP contribution in [0.3, 0.4) is 0 Å². The highest BCUT2D eigenvalue weighted by Crippen LogP contribution is 2.47. The molecule has 1 aliphatic carbocycles. The van der Waals surface area contributed by atoms with Gasteiger partial charge in [0.15, 0.2) is 0 Å². The van der Waals surface area contributed by atoms with Crippen molar-refractivity contribution in [2.45, 2.75) is 25.2 Å². The molecule has 1 aromatic carbocycles. The highest BCUT2D eigenvalue weighted by molar-refractivity contribution is 5.81. The number of hydrogen-bond donors (Lipinski definition) is 1. The second-order valence-corrected chi connectivity index (χ2v) is 4.51. The van der Waals surface area contributed by atoms with Crippen LogP contribution in [0.5, 0.6) is 5.75 Å². The fourth-order valence-corrected chi connectivity index (χ4v) is 2.13. The fourth-order valence-electron chi connectivity index (χ4n) is 2.13. The van der Waals surface area contributed by atoms with E-state index in [9.17, 15) is 9.90 Å². The SMILES string of the molecule is COc1ccc(C(C)(C(=O)O)C2CC2)cc1. The molecule has 86 valence electrons. The molecule has 3 heteroatoms. The lowest BCUT2D eigenvalue weighted by molar-refractivity contribution is -0.144.